The standard InChI is InChI=1S/C18H16FNO/c19-14-8-4-5-12-11-15(21-16(12)14)17(20)18(9-10-18)13-6-2-1-3-7-13/h1-8,11,17H,9-10,20H2. The van der Waals surface area contributed by atoms with E-state index in [2.05, 4.69) is 12.1 Å². The molecular formula is C18H16FNO. The molecule has 3 heteroatoms. The van der Waals surface area contributed by atoms with Gasteiger partial charge in [-0.3, -0.25) is 0 Å². The molecule has 1 aliphatic rings. The first-order valence-corrected chi connectivity index (χ1v) is 7.20. The number of furan rings is 1. The molecule has 3 aromatic rings. The number of nitrogens with two attached hydrogens (primary N) is 1. The highest BCUT2D eigenvalue weighted by Gasteiger charge is 2.50. The number of fused-ring (bicyclic) bond motifs is 1. The molecule has 2 N–H and O–H groups in total. The Labute approximate surface area is 122 Å². The second kappa shape index (κ2) is 4.43. The molecule has 2 aromatic carbocycles. The number of hydrogen-bond acceptors (Lipinski definition) is 2. The van der Waals surface area contributed by atoms with Gasteiger partial charge in [0.15, 0.2) is 11.4 Å². The molecular weight excluding hydrogens is 265 g/mol. The van der Waals surface area contributed by atoms with Gasteiger partial charge in [0.2, 0.25) is 0 Å². The van der Waals surface area contributed by atoms with E-state index >= 15 is 0 Å². The van der Waals surface area contributed by atoms with Crippen molar-refractivity contribution < 1.29 is 8.81 Å². The lowest BCUT2D eigenvalue weighted by Gasteiger charge is -2.22. The minimum atomic E-state index is -0.337. The lowest BCUT2D eigenvalue weighted by atomic mass is 9.87. The fraction of sp³-hybridized carbons (Fsp3) is 0.222. The highest BCUT2D eigenvalue weighted by atomic mass is 19.1. The summed E-state index contributed by atoms with van der Waals surface area (Å²) in [4.78, 5) is 0. The normalized spacial score (nSPS) is 17.8. The van der Waals surface area contributed by atoms with E-state index in [-0.39, 0.29) is 17.3 Å². The summed E-state index contributed by atoms with van der Waals surface area (Å²) in [7, 11) is 0. The van der Waals surface area contributed by atoms with Crippen molar-refractivity contribution in [3.05, 3.63) is 71.7 Å². The average Bonchev–Trinajstić information content (AvgIpc) is 3.21. The van der Waals surface area contributed by atoms with Crippen molar-refractivity contribution in [1.29, 1.82) is 0 Å². The molecule has 0 aliphatic heterocycles. The predicted octanol–water partition coefficient (Wildman–Crippen LogP) is 4.30. The number of benzene rings is 2. The van der Waals surface area contributed by atoms with Gasteiger partial charge in [-0.05, 0) is 30.5 Å². The van der Waals surface area contributed by atoms with Crippen LogP contribution in [0.2, 0.25) is 0 Å². The van der Waals surface area contributed by atoms with Gasteiger partial charge < -0.3 is 10.2 Å². The monoisotopic (exact) mass is 281 g/mol. The molecule has 0 bridgehead atoms. The average molecular weight is 281 g/mol. The van der Waals surface area contributed by atoms with Gasteiger partial charge in [-0.15, -0.1) is 0 Å². The lowest BCUT2D eigenvalue weighted by Crippen LogP contribution is -2.25. The number of para-hydroxylation sites is 1. The third kappa shape index (κ3) is 1.88. The molecule has 0 spiro atoms. The van der Waals surface area contributed by atoms with Gasteiger partial charge >= 0.3 is 0 Å². The van der Waals surface area contributed by atoms with Gasteiger partial charge in [0, 0.05) is 10.8 Å². The summed E-state index contributed by atoms with van der Waals surface area (Å²) >= 11 is 0. The first-order valence-electron chi connectivity index (χ1n) is 7.20. The largest absolute Gasteiger partial charge is 0.456 e. The van der Waals surface area contributed by atoms with Crippen molar-refractivity contribution in [3.8, 4) is 0 Å². The lowest BCUT2D eigenvalue weighted by molar-refractivity contribution is 0.424. The highest BCUT2D eigenvalue weighted by molar-refractivity contribution is 5.78. The maximum atomic E-state index is 13.8. The van der Waals surface area contributed by atoms with E-state index < -0.39 is 0 Å². The minimum absolute atomic E-state index is 0.0639. The van der Waals surface area contributed by atoms with E-state index in [0.717, 1.165) is 18.2 Å². The number of halogens is 1. The van der Waals surface area contributed by atoms with Crippen LogP contribution in [0.4, 0.5) is 4.39 Å². The summed E-state index contributed by atoms with van der Waals surface area (Å²) in [5.74, 6) is 0.326. The maximum Gasteiger partial charge on any atom is 0.169 e. The van der Waals surface area contributed by atoms with Crippen LogP contribution in [0.15, 0.2) is 59.0 Å². The Kier molecular flexibility index (Phi) is 2.66. The van der Waals surface area contributed by atoms with Crippen LogP contribution in [0.25, 0.3) is 11.0 Å². The molecule has 1 aromatic heterocycles. The summed E-state index contributed by atoms with van der Waals surface area (Å²) in [6.07, 6.45) is 2.08. The van der Waals surface area contributed by atoms with Crippen LogP contribution in [0, 0.1) is 5.82 Å². The molecule has 106 valence electrons. The zero-order valence-corrected chi connectivity index (χ0v) is 11.6. The van der Waals surface area contributed by atoms with Crippen molar-refractivity contribution in [2.75, 3.05) is 0 Å². The smallest absolute Gasteiger partial charge is 0.169 e. The van der Waals surface area contributed by atoms with E-state index in [1.807, 2.05) is 30.3 Å². The molecule has 4 rings (SSSR count). The second-order valence-corrected chi connectivity index (χ2v) is 5.81. The van der Waals surface area contributed by atoms with Crippen LogP contribution in [0.1, 0.15) is 30.2 Å². The topological polar surface area (TPSA) is 39.2 Å². The third-order valence-electron chi connectivity index (χ3n) is 4.55. The quantitative estimate of drug-likeness (QED) is 0.777. The van der Waals surface area contributed by atoms with Crippen molar-refractivity contribution in [2.45, 2.75) is 24.3 Å². The summed E-state index contributed by atoms with van der Waals surface area (Å²) in [5.41, 5.74) is 7.93. The summed E-state index contributed by atoms with van der Waals surface area (Å²) in [6, 6.07) is 16.8. The van der Waals surface area contributed by atoms with Crippen LogP contribution >= 0.6 is 0 Å². The van der Waals surface area contributed by atoms with Crippen LogP contribution < -0.4 is 5.73 Å². The van der Waals surface area contributed by atoms with E-state index in [9.17, 15) is 4.39 Å². The van der Waals surface area contributed by atoms with E-state index in [4.69, 9.17) is 10.2 Å². The van der Waals surface area contributed by atoms with Crippen molar-refractivity contribution in [2.24, 2.45) is 5.73 Å². The molecule has 2 nitrogen and oxygen atoms in total. The van der Waals surface area contributed by atoms with Crippen molar-refractivity contribution in [3.63, 3.8) is 0 Å². The number of rotatable bonds is 3. The van der Waals surface area contributed by atoms with Gasteiger partial charge in [-0.2, -0.15) is 0 Å². The van der Waals surface area contributed by atoms with E-state index in [0.29, 0.717) is 11.3 Å². The van der Waals surface area contributed by atoms with Crippen LogP contribution in [-0.4, -0.2) is 0 Å². The first kappa shape index (κ1) is 12.6. The summed E-state index contributed by atoms with van der Waals surface area (Å²) in [6.45, 7) is 0. The van der Waals surface area contributed by atoms with E-state index in [1.54, 1.807) is 6.07 Å². The Morgan fingerprint density at radius 2 is 1.81 bits per heavy atom. The molecule has 1 heterocycles. The van der Waals surface area contributed by atoms with Gasteiger partial charge in [-0.1, -0.05) is 42.5 Å². The minimum Gasteiger partial charge on any atom is -0.456 e. The zero-order valence-electron chi connectivity index (χ0n) is 11.6. The summed E-state index contributed by atoms with van der Waals surface area (Å²) in [5, 5.41) is 0.768. The van der Waals surface area contributed by atoms with Gasteiger partial charge in [-0.25, -0.2) is 4.39 Å². The fourth-order valence-corrected chi connectivity index (χ4v) is 3.16. The Balaban J connectivity index is 1.77. The molecule has 1 atom stereocenters. The van der Waals surface area contributed by atoms with Gasteiger partial charge in [0.05, 0.1) is 6.04 Å². The van der Waals surface area contributed by atoms with Crippen molar-refractivity contribution in [1.82, 2.24) is 0 Å². The molecule has 0 amide bonds. The van der Waals surface area contributed by atoms with Crippen LogP contribution in [0.3, 0.4) is 0 Å². The Bertz CT molecular complexity index is 789. The molecule has 1 unspecified atom stereocenters. The second-order valence-electron chi connectivity index (χ2n) is 5.81. The predicted molar refractivity (Wildman–Crippen MR) is 80.5 cm³/mol. The van der Waals surface area contributed by atoms with Crippen LogP contribution in [0.5, 0.6) is 0 Å². The first-order chi connectivity index (χ1) is 10.2. The highest BCUT2D eigenvalue weighted by Crippen LogP contribution is 2.55. The molecule has 0 saturated heterocycles. The Morgan fingerprint density at radius 3 is 2.48 bits per heavy atom. The Morgan fingerprint density at radius 1 is 1.05 bits per heavy atom. The van der Waals surface area contributed by atoms with Crippen molar-refractivity contribution >= 4 is 11.0 Å². The summed E-state index contributed by atoms with van der Waals surface area (Å²) < 4.78 is 19.5. The third-order valence-corrected chi connectivity index (χ3v) is 4.55. The van der Waals surface area contributed by atoms with Crippen LogP contribution in [-0.2, 0) is 5.41 Å². The fourth-order valence-electron chi connectivity index (χ4n) is 3.16. The molecule has 21 heavy (non-hydrogen) atoms. The maximum absolute atomic E-state index is 13.8. The SMILES string of the molecule is NC(c1cc2cccc(F)c2o1)C1(c2ccccc2)CC1. The van der Waals surface area contributed by atoms with Gasteiger partial charge in [0.25, 0.3) is 0 Å². The molecule has 0 radical (unpaired) electrons. The molecule has 1 fully saturated rings. The van der Waals surface area contributed by atoms with Gasteiger partial charge in [0.1, 0.15) is 5.76 Å². The zero-order chi connectivity index (χ0) is 14.4. The molecule has 1 aliphatic carbocycles. The number of hydrogen-bond donors (Lipinski definition) is 1. The Hall–Kier alpha value is -2.13. The molecule has 1 saturated carbocycles. The van der Waals surface area contributed by atoms with E-state index in [1.165, 1.54) is 11.6 Å².